The molecule has 5 heteroatoms. The number of nitrogens with one attached hydrogen (secondary N) is 1. The van der Waals surface area contributed by atoms with Crippen LogP contribution in [0.25, 0.3) is 0 Å². The first-order valence-electron chi connectivity index (χ1n) is 6.30. The molecule has 1 aromatic heterocycles. The van der Waals surface area contributed by atoms with Gasteiger partial charge in [-0.2, -0.15) is 0 Å². The Balaban J connectivity index is 1.80. The minimum atomic E-state index is -0.417. The van der Waals surface area contributed by atoms with E-state index in [4.69, 9.17) is 9.15 Å². The summed E-state index contributed by atoms with van der Waals surface area (Å²) in [4.78, 5) is 11.9. The molecular formula is C15H16FNO3. The van der Waals surface area contributed by atoms with Gasteiger partial charge in [-0.05, 0) is 32.0 Å². The molecule has 2 rings (SSSR count). The zero-order valence-corrected chi connectivity index (χ0v) is 11.4. The second kappa shape index (κ2) is 6.23. The van der Waals surface area contributed by atoms with Crippen LogP contribution < -0.4 is 10.1 Å². The summed E-state index contributed by atoms with van der Waals surface area (Å²) in [6.07, 6.45) is 0. The summed E-state index contributed by atoms with van der Waals surface area (Å²) in [6.45, 7) is 4.00. The maximum atomic E-state index is 13.3. The molecule has 1 amide bonds. The lowest BCUT2D eigenvalue weighted by molar-refractivity contribution is 0.0945. The van der Waals surface area contributed by atoms with E-state index in [-0.39, 0.29) is 24.8 Å². The summed E-state index contributed by atoms with van der Waals surface area (Å²) in [6, 6.07) is 7.83. The van der Waals surface area contributed by atoms with E-state index in [0.717, 1.165) is 0 Å². The monoisotopic (exact) mass is 277 g/mol. The third kappa shape index (κ3) is 3.38. The number of carbonyl (C=O) groups excluding carboxylic acids is 1. The second-order valence-electron chi connectivity index (χ2n) is 4.36. The van der Waals surface area contributed by atoms with E-state index >= 15 is 0 Å². The van der Waals surface area contributed by atoms with E-state index in [9.17, 15) is 9.18 Å². The van der Waals surface area contributed by atoms with Gasteiger partial charge in [0.15, 0.2) is 11.6 Å². The summed E-state index contributed by atoms with van der Waals surface area (Å²) < 4.78 is 23.8. The van der Waals surface area contributed by atoms with Gasteiger partial charge in [-0.3, -0.25) is 4.79 Å². The Morgan fingerprint density at radius 1 is 1.35 bits per heavy atom. The molecule has 0 aliphatic rings. The Morgan fingerprint density at radius 3 is 2.75 bits per heavy atom. The van der Waals surface area contributed by atoms with E-state index in [1.54, 1.807) is 38.1 Å². The topological polar surface area (TPSA) is 51.5 Å². The Bertz CT molecular complexity index is 607. The summed E-state index contributed by atoms with van der Waals surface area (Å²) in [5.74, 6) is 0.805. The van der Waals surface area contributed by atoms with Crippen LogP contribution in [0.3, 0.4) is 0 Å². The highest BCUT2D eigenvalue weighted by atomic mass is 19.1. The fraction of sp³-hybridized carbons (Fsp3) is 0.267. The normalized spacial score (nSPS) is 10.3. The smallest absolute Gasteiger partial charge is 0.254 e. The molecule has 0 aliphatic carbocycles. The molecule has 0 saturated carbocycles. The Hall–Kier alpha value is -2.30. The SMILES string of the molecule is Cc1cc(C(=O)NCCOc2ccccc2F)c(C)o1. The van der Waals surface area contributed by atoms with E-state index < -0.39 is 5.82 Å². The van der Waals surface area contributed by atoms with Gasteiger partial charge in [0.25, 0.3) is 5.91 Å². The van der Waals surface area contributed by atoms with Crippen molar-refractivity contribution in [1.29, 1.82) is 0 Å². The lowest BCUT2D eigenvalue weighted by Crippen LogP contribution is -2.28. The van der Waals surface area contributed by atoms with Crippen LogP contribution in [0.5, 0.6) is 5.75 Å². The molecule has 0 atom stereocenters. The molecular weight excluding hydrogens is 261 g/mol. The zero-order chi connectivity index (χ0) is 14.5. The molecule has 1 N–H and O–H groups in total. The average Bonchev–Trinajstić information content (AvgIpc) is 2.75. The van der Waals surface area contributed by atoms with Crippen molar-refractivity contribution in [1.82, 2.24) is 5.32 Å². The lowest BCUT2D eigenvalue weighted by Gasteiger charge is -2.08. The van der Waals surface area contributed by atoms with Crippen molar-refractivity contribution in [3.8, 4) is 5.75 Å². The summed E-state index contributed by atoms with van der Waals surface area (Å²) in [5.41, 5.74) is 0.508. The third-order valence-electron chi connectivity index (χ3n) is 2.77. The van der Waals surface area contributed by atoms with Crippen LogP contribution in [0.1, 0.15) is 21.9 Å². The van der Waals surface area contributed by atoms with Crippen LogP contribution in [0.2, 0.25) is 0 Å². The molecule has 0 bridgehead atoms. The number of benzene rings is 1. The average molecular weight is 277 g/mol. The highest BCUT2D eigenvalue weighted by Crippen LogP contribution is 2.15. The molecule has 2 aromatic rings. The highest BCUT2D eigenvalue weighted by molar-refractivity contribution is 5.95. The van der Waals surface area contributed by atoms with Crippen LogP contribution in [0.15, 0.2) is 34.7 Å². The predicted octanol–water partition coefficient (Wildman–Crippen LogP) is 2.84. The van der Waals surface area contributed by atoms with Crippen LogP contribution in [-0.4, -0.2) is 19.1 Å². The summed E-state index contributed by atoms with van der Waals surface area (Å²) >= 11 is 0. The number of furan rings is 1. The number of hydrogen-bond acceptors (Lipinski definition) is 3. The third-order valence-corrected chi connectivity index (χ3v) is 2.77. The first kappa shape index (κ1) is 14.1. The van der Waals surface area contributed by atoms with Gasteiger partial charge >= 0.3 is 0 Å². The van der Waals surface area contributed by atoms with Crippen molar-refractivity contribution in [3.05, 3.63) is 53.2 Å². The minimum absolute atomic E-state index is 0.178. The Labute approximate surface area is 116 Å². The van der Waals surface area contributed by atoms with Crippen molar-refractivity contribution in [3.63, 3.8) is 0 Å². The minimum Gasteiger partial charge on any atom is -0.489 e. The van der Waals surface area contributed by atoms with Crippen LogP contribution in [0, 0.1) is 19.7 Å². The van der Waals surface area contributed by atoms with E-state index in [0.29, 0.717) is 17.1 Å². The molecule has 4 nitrogen and oxygen atoms in total. The van der Waals surface area contributed by atoms with Gasteiger partial charge in [0.2, 0.25) is 0 Å². The lowest BCUT2D eigenvalue weighted by atomic mass is 10.2. The fourth-order valence-corrected chi connectivity index (χ4v) is 1.84. The molecule has 0 spiro atoms. The number of rotatable bonds is 5. The summed E-state index contributed by atoms with van der Waals surface area (Å²) in [5, 5.41) is 2.70. The van der Waals surface area contributed by atoms with Gasteiger partial charge in [0, 0.05) is 0 Å². The molecule has 0 unspecified atom stereocenters. The standard InChI is InChI=1S/C15H16FNO3/c1-10-9-12(11(2)20-10)15(18)17-7-8-19-14-6-4-3-5-13(14)16/h3-6,9H,7-8H2,1-2H3,(H,17,18). The van der Waals surface area contributed by atoms with Crippen LogP contribution in [-0.2, 0) is 0 Å². The molecule has 1 heterocycles. The van der Waals surface area contributed by atoms with Gasteiger partial charge in [-0.15, -0.1) is 0 Å². The number of ether oxygens (including phenoxy) is 1. The Kier molecular flexibility index (Phi) is 4.40. The quantitative estimate of drug-likeness (QED) is 0.855. The van der Waals surface area contributed by atoms with E-state index in [2.05, 4.69) is 5.32 Å². The van der Waals surface area contributed by atoms with Crippen molar-refractivity contribution in [2.45, 2.75) is 13.8 Å². The van der Waals surface area contributed by atoms with Crippen molar-refractivity contribution >= 4 is 5.91 Å². The highest BCUT2D eigenvalue weighted by Gasteiger charge is 2.12. The van der Waals surface area contributed by atoms with Crippen LogP contribution >= 0.6 is 0 Å². The molecule has 0 saturated heterocycles. The number of halogens is 1. The first-order valence-corrected chi connectivity index (χ1v) is 6.30. The van der Waals surface area contributed by atoms with Gasteiger partial charge in [-0.1, -0.05) is 12.1 Å². The van der Waals surface area contributed by atoms with Gasteiger partial charge in [-0.25, -0.2) is 4.39 Å². The van der Waals surface area contributed by atoms with Crippen molar-refractivity contribution in [2.24, 2.45) is 0 Å². The van der Waals surface area contributed by atoms with E-state index in [1.807, 2.05) is 0 Å². The largest absolute Gasteiger partial charge is 0.489 e. The molecule has 1 aromatic carbocycles. The van der Waals surface area contributed by atoms with Gasteiger partial charge < -0.3 is 14.5 Å². The molecule has 20 heavy (non-hydrogen) atoms. The van der Waals surface area contributed by atoms with Crippen LogP contribution in [0.4, 0.5) is 4.39 Å². The molecule has 0 fully saturated rings. The number of hydrogen-bond donors (Lipinski definition) is 1. The molecule has 0 radical (unpaired) electrons. The number of aryl methyl sites for hydroxylation is 2. The first-order chi connectivity index (χ1) is 9.58. The maximum Gasteiger partial charge on any atom is 0.254 e. The van der Waals surface area contributed by atoms with Gasteiger partial charge in [0.1, 0.15) is 18.1 Å². The van der Waals surface area contributed by atoms with Crippen molar-refractivity contribution < 1.29 is 18.3 Å². The number of amides is 1. The van der Waals surface area contributed by atoms with E-state index in [1.165, 1.54) is 6.07 Å². The molecule has 0 aliphatic heterocycles. The maximum absolute atomic E-state index is 13.3. The Morgan fingerprint density at radius 2 is 2.10 bits per heavy atom. The number of carbonyl (C=O) groups is 1. The zero-order valence-electron chi connectivity index (χ0n) is 11.4. The van der Waals surface area contributed by atoms with Crippen molar-refractivity contribution in [2.75, 3.05) is 13.2 Å². The number of para-hydroxylation sites is 1. The fourth-order valence-electron chi connectivity index (χ4n) is 1.84. The summed E-state index contributed by atoms with van der Waals surface area (Å²) in [7, 11) is 0. The predicted molar refractivity (Wildman–Crippen MR) is 72.4 cm³/mol. The van der Waals surface area contributed by atoms with Gasteiger partial charge in [0.05, 0.1) is 12.1 Å². The second-order valence-corrected chi connectivity index (χ2v) is 4.36. The molecule has 106 valence electrons.